The summed E-state index contributed by atoms with van der Waals surface area (Å²) in [6.07, 6.45) is 8.33. The van der Waals surface area contributed by atoms with Crippen LogP contribution in [-0.2, 0) is 30.7 Å². The van der Waals surface area contributed by atoms with E-state index in [2.05, 4.69) is 33.0 Å². The largest absolute Gasteiger partial charge is 0.378 e. The molecule has 7 nitrogen and oxygen atoms in total. The molecular weight excluding hydrogens is 402 g/mol. The van der Waals surface area contributed by atoms with Crippen molar-refractivity contribution in [1.82, 2.24) is 19.8 Å². The predicted octanol–water partition coefficient (Wildman–Crippen LogP) is 2.42. The summed E-state index contributed by atoms with van der Waals surface area (Å²) in [5.74, 6) is 0.740. The van der Waals surface area contributed by atoms with Crippen molar-refractivity contribution in [2.24, 2.45) is 0 Å². The average Bonchev–Trinajstić information content (AvgIpc) is 2.90. The minimum absolute atomic E-state index is 0.0380. The molecule has 2 fully saturated rings. The third kappa shape index (κ3) is 3.57. The van der Waals surface area contributed by atoms with Crippen LogP contribution >= 0.6 is 0 Å². The summed E-state index contributed by atoms with van der Waals surface area (Å²) in [5.41, 5.74) is 5.63. The van der Waals surface area contributed by atoms with Gasteiger partial charge in [0.25, 0.3) is 5.91 Å². The predicted molar refractivity (Wildman–Crippen MR) is 122 cm³/mol. The summed E-state index contributed by atoms with van der Waals surface area (Å²) in [7, 11) is 1.73. The molecule has 32 heavy (non-hydrogen) atoms. The van der Waals surface area contributed by atoms with Crippen LogP contribution in [0.4, 0.5) is 5.95 Å². The summed E-state index contributed by atoms with van der Waals surface area (Å²) in [6.45, 7) is 5.13. The molecule has 1 saturated heterocycles. The van der Waals surface area contributed by atoms with E-state index in [-0.39, 0.29) is 12.0 Å². The summed E-state index contributed by atoms with van der Waals surface area (Å²) in [5, 5.41) is 0. The van der Waals surface area contributed by atoms with E-state index in [0.717, 1.165) is 44.2 Å². The Morgan fingerprint density at radius 3 is 2.69 bits per heavy atom. The second-order valence-electron chi connectivity index (χ2n) is 9.68. The van der Waals surface area contributed by atoms with Crippen molar-refractivity contribution in [2.45, 2.75) is 57.3 Å². The fourth-order valence-electron chi connectivity index (χ4n) is 5.39. The SMILES string of the molecule is COC1CN(c2ncc3c(n2)CN(Cc2ccc4c(c2)CCN(C2CCC2)CC4)C3=O)C1. The molecule has 0 radical (unpaired) electrons. The van der Waals surface area contributed by atoms with Gasteiger partial charge in [-0.3, -0.25) is 9.69 Å². The molecule has 0 bridgehead atoms. The second kappa shape index (κ2) is 8.12. The van der Waals surface area contributed by atoms with Crippen molar-refractivity contribution in [2.75, 3.05) is 38.2 Å². The lowest BCUT2D eigenvalue weighted by Crippen LogP contribution is -2.52. The molecule has 0 unspecified atom stereocenters. The van der Waals surface area contributed by atoms with Gasteiger partial charge in [0.15, 0.2) is 0 Å². The van der Waals surface area contributed by atoms with Gasteiger partial charge in [-0.2, -0.15) is 0 Å². The van der Waals surface area contributed by atoms with Gasteiger partial charge in [0.05, 0.1) is 23.9 Å². The maximum Gasteiger partial charge on any atom is 0.258 e. The third-order valence-electron chi connectivity index (χ3n) is 7.75. The maximum atomic E-state index is 13.0. The molecule has 1 saturated carbocycles. The van der Waals surface area contributed by atoms with Crippen LogP contribution in [0.3, 0.4) is 0 Å². The Labute approximate surface area is 189 Å². The number of fused-ring (bicyclic) bond motifs is 2. The number of benzene rings is 1. The van der Waals surface area contributed by atoms with E-state index >= 15 is 0 Å². The zero-order valence-electron chi connectivity index (χ0n) is 18.8. The smallest absolute Gasteiger partial charge is 0.258 e. The fraction of sp³-hybridized carbons (Fsp3) is 0.560. The molecule has 4 heterocycles. The van der Waals surface area contributed by atoms with E-state index in [1.807, 2.05) is 4.90 Å². The highest BCUT2D eigenvalue weighted by molar-refractivity contribution is 5.97. The summed E-state index contributed by atoms with van der Waals surface area (Å²) in [6, 6.07) is 7.64. The quantitative estimate of drug-likeness (QED) is 0.722. The van der Waals surface area contributed by atoms with Crippen LogP contribution in [-0.4, -0.2) is 71.1 Å². The number of hydrogen-bond acceptors (Lipinski definition) is 6. The minimum Gasteiger partial charge on any atom is -0.378 e. The van der Waals surface area contributed by atoms with Gasteiger partial charge in [-0.25, -0.2) is 9.97 Å². The van der Waals surface area contributed by atoms with E-state index in [0.29, 0.717) is 24.6 Å². The molecule has 0 spiro atoms. The molecule has 2 aromatic rings. The Morgan fingerprint density at radius 1 is 1.12 bits per heavy atom. The molecule has 0 atom stereocenters. The first-order valence-corrected chi connectivity index (χ1v) is 12.0. The molecule has 1 amide bonds. The van der Waals surface area contributed by atoms with Gasteiger partial charge in [0, 0.05) is 52.1 Å². The van der Waals surface area contributed by atoms with Crippen LogP contribution in [0.2, 0.25) is 0 Å². The molecule has 6 rings (SSSR count). The van der Waals surface area contributed by atoms with Crippen molar-refractivity contribution in [3.8, 4) is 0 Å². The Balaban J connectivity index is 1.13. The Kier molecular flexibility index (Phi) is 5.11. The Bertz CT molecular complexity index is 1030. The Hall–Kier alpha value is -2.51. The molecule has 1 aromatic carbocycles. The van der Waals surface area contributed by atoms with Crippen molar-refractivity contribution in [3.05, 3.63) is 52.3 Å². The first-order chi connectivity index (χ1) is 15.7. The van der Waals surface area contributed by atoms with Crippen molar-refractivity contribution in [1.29, 1.82) is 0 Å². The molecular formula is C25H31N5O2. The van der Waals surface area contributed by atoms with Crippen molar-refractivity contribution in [3.63, 3.8) is 0 Å². The number of amides is 1. The summed E-state index contributed by atoms with van der Waals surface area (Å²) >= 11 is 0. The van der Waals surface area contributed by atoms with Gasteiger partial charge in [0.2, 0.25) is 5.95 Å². The van der Waals surface area contributed by atoms with Crippen LogP contribution in [0.25, 0.3) is 0 Å². The van der Waals surface area contributed by atoms with Crippen LogP contribution in [0.5, 0.6) is 0 Å². The van der Waals surface area contributed by atoms with E-state index in [9.17, 15) is 4.79 Å². The Morgan fingerprint density at radius 2 is 1.94 bits per heavy atom. The van der Waals surface area contributed by atoms with Crippen LogP contribution in [0.15, 0.2) is 24.4 Å². The standard InChI is InChI=1S/C25H31N5O2/c1-32-21-14-30(15-21)25-26-12-22-23(27-25)16-29(24(22)31)13-17-5-6-18-7-9-28(20-3-2-4-20)10-8-19(18)11-17/h5-6,11-12,20-21H,2-4,7-10,13-16H2,1H3. The zero-order chi connectivity index (χ0) is 21.7. The van der Waals surface area contributed by atoms with Crippen molar-refractivity contribution < 1.29 is 9.53 Å². The molecule has 1 aromatic heterocycles. The molecule has 7 heteroatoms. The maximum absolute atomic E-state index is 13.0. The van der Waals surface area contributed by atoms with E-state index in [1.54, 1.807) is 13.3 Å². The highest BCUT2D eigenvalue weighted by atomic mass is 16.5. The molecule has 4 aliphatic rings. The van der Waals surface area contributed by atoms with Gasteiger partial charge >= 0.3 is 0 Å². The first kappa shape index (κ1) is 20.1. The first-order valence-electron chi connectivity index (χ1n) is 12.0. The number of ether oxygens (including phenoxy) is 1. The lowest BCUT2D eigenvalue weighted by atomic mass is 9.91. The average molecular weight is 434 g/mol. The zero-order valence-corrected chi connectivity index (χ0v) is 18.8. The van der Waals surface area contributed by atoms with Crippen LogP contribution in [0.1, 0.15) is 52.0 Å². The molecule has 0 N–H and O–H groups in total. The van der Waals surface area contributed by atoms with Gasteiger partial charge in [-0.15, -0.1) is 0 Å². The lowest BCUT2D eigenvalue weighted by Gasteiger charge is -2.38. The highest BCUT2D eigenvalue weighted by Gasteiger charge is 2.33. The van der Waals surface area contributed by atoms with Gasteiger partial charge in [0.1, 0.15) is 0 Å². The monoisotopic (exact) mass is 433 g/mol. The van der Waals surface area contributed by atoms with Crippen LogP contribution < -0.4 is 4.90 Å². The van der Waals surface area contributed by atoms with Crippen molar-refractivity contribution >= 4 is 11.9 Å². The molecule has 168 valence electrons. The number of nitrogens with zero attached hydrogens (tertiary/aromatic N) is 5. The molecule has 1 aliphatic carbocycles. The number of rotatable bonds is 5. The highest BCUT2D eigenvalue weighted by Crippen LogP contribution is 2.29. The number of carbonyl (C=O) groups excluding carboxylic acids is 1. The summed E-state index contributed by atoms with van der Waals surface area (Å²) in [4.78, 5) is 28.8. The summed E-state index contributed by atoms with van der Waals surface area (Å²) < 4.78 is 5.34. The lowest BCUT2D eigenvalue weighted by molar-refractivity contribution is 0.0765. The number of anilines is 1. The van der Waals surface area contributed by atoms with Gasteiger partial charge in [-0.05, 0) is 42.4 Å². The van der Waals surface area contributed by atoms with Gasteiger partial charge < -0.3 is 14.5 Å². The molecule has 3 aliphatic heterocycles. The normalized spacial score (nSPS) is 21.7. The second-order valence-corrected chi connectivity index (χ2v) is 9.68. The fourth-order valence-corrected chi connectivity index (χ4v) is 5.39. The van der Waals surface area contributed by atoms with E-state index < -0.39 is 0 Å². The number of aromatic nitrogens is 2. The minimum atomic E-state index is 0.0380. The van der Waals surface area contributed by atoms with E-state index in [1.165, 1.54) is 42.5 Å². The number of hydrogen-bond donors (Lipinski definition) is 0. The third-order valence-corrected chi connectivity index (χ3v) is 7.75. The van der Waals surface area contributed by atoms with Gasteiger partial charge in [-0.1, -0.05) is 24.6 Å². The number of carbonyl (C=O) groups is 1. The van der Waals surface area contributed by atoms with Crippen LogP contribution in [0, 0.1) is 0 Å². The number of methoxy groups -OCH3 is 1. The topological polar surface area (TPSA) is 61.8 Å². The van der Waals surface area contributed by atoms with E-state index in [4.69, 9.17) is 9.72 Å².